The van der Waals surface area contributed by atoms with Crippen molar-refractivity contribution in [3.8, 4) is 5.75 Å². The highest BCUT2D eigenvalue weighted by atomic mass is 35.6. The largest absolute Gasteiger partial charge is 0.490 e. The maximum atomic E-state index is 13.3. The van der Waals surface area contributed by atoms with Gasteiger partial charge in [0, 0.05) is 36.9 Å². The Labute approximate surface area is 234 Å². The number of carbonyl (C=O) groups excluding carboxylic acids is 2. The van der Waals surface area contributed by atoms with Gasteiger partial charge in [-0.05, 0) is 53.7 Å². The highest BCUT2D eigenvalue weighted by molar-refractivity contribution is 8.18. The van der Waals surface area contributed by atoms with Gasteiger partial charge in [-0.2, -0.15) is 0 Å². The molecule has 0 saturated carbocycles. The molecule has 0 N–H and O–H groups in total. The molecular formula is C25H23Cl4N3O3S. The molecular weight excluding hydrogens is 564 g/mol. The zero-order valence-corrected chi connectivity index (χ0v) is 22.9. The van der Waals surface area contributed by atoms with Gasteiger partial charge in [0.25, 0.3) is 11.1 Å². The Morgan fingerprint density at radius 3 is 2.36 bits per heavy atom. The monoisotopic (exact) mass is 585 g/mol. The fourth-order valence-corrected chi connectivity index (χ4v) is 5.81. The Kier molecular flexibility index (Phi) is 8.81. The third-order valence-corrected chi connectivity index (χ3v) is 7.44. The first-order valence-corrected chi connectivity index (χ1v) is 13.4. The molecule has 2 heterocycles. The van der Waals surface area contributed by atoms with E-state index in [1.807, 2.05) is 29.2 Å². The number of nitrogens with zero attached hydrogens (tertiary/aromatic N) is 3. The molecule has 1 unspecified atom stereocenters. The van der Waals surface area contributed by atoms with Gasteiger partial charge in [0.2, 0.25) is 3.79 Å². The van der Waals surface area contributed by atoms with Gasteiger partial charge in [0.15, 0.2) is 0 Å². The van der Waals surface area contributed by atoms with Crippen LogP contribution < -0.4 is 9.64 Å². The Hall–Kier alpha value is -1.87. The van der Waals surface area contributed by atoms with Gasteiger partial charge in [0.05, 0.1) is 4.91 Å². The average Bonchev–Trinajstić information content (AvgIpc) is 3.11. The maximum absolute atomic E-state index is 13.3. The minimum atomic E-state index is -1.90. The van der Waals surface area contributed by atoms with Gasteiger partial charge in [-0.15, -0.1) is 0 Å². The molecule has 2 saturated heterocycles. The summed E-state index contributed by atoms with van der Waals surface area (Å²) in [5.74, 6) is 0.180. The predicted octanol–water partition coefficient (Wildman–Crippen LogP) is 6.46. The summed E-state index contributed by atoms with van der Waals surface area (Å²) in [6, 6.07) is 14.7. The number of rotatable bonds is 7. The quantitative estimate of drug-likeness (QED) is 0.211. The molecule has 1 atom stereocenters. The van der Waals surface area contributed by atoms with E-state index in [0.29, 0.717) is 43.6 Å². The van der Waals surface area contributed by atoms with Crippen molar-refractivity contribution in [2.75, 3.05) is 37.7 Å². The second kappa shape index (κ2) is 11.7. The van der Waals surface area contributed by atoms with Crippen molar-refractivity contribution >= 4 is 81.1 Å². The molecule has 2 aromatic carbocycles. The number of halogens is 4. The maximum Gasteiger partial charge on any atom is 0.295 e. The van der Waals surface area contributed by atoms with Crippen LogP contribution in [0, 0.1) is 0 Å². The van der Waals surface area contributed by atoms with Crippen LogP contribution in [-0.4, -0.2) is 63.7 Å². The van der Waals surface area contributed by atoms with E-state index in [-0.39, 0.29) is 4.91 Å². The Balaban J connectivity index is 1.50. The van der Waals surface area contributed by atoms with E-state index in [9.17, 15) is 9.59 Å². The lowest BCUT2D eigenvalue weighted by molar-refractivity contribution is -0.127. The van der Waals surface area contributed by atoms with Gasteiger partial charge in [-0.3, -0.25) is 14.5 Å². The summed E-state index contributed by atoms with van der Waals surface area (Å²) in [4.78, 5) is 31.7. The Morgan fingerprint density at radius 2 is 1.75 bits per heavy atom. The molecule has 0 bridgehead atoms. The summed E-state index contributed by atoms with van der Waals surface area (Å²) < 4.78 is 3.58. The molecule has 190 valence electrons. The lowest BCUT2D eigenvalue weighted by Gasteiger charge is -2.44. The van der Waals surface area contributed by atoms with Crippen molar-refractivity contribution in [1.82, 2.24) is 9.80 Å². The molecule has 2 aliphatic rings. The number of ether oxygens (including phenoxy) is 1. The molecule has 0 aromatic heterocycles. The fraction of sp³-hybridized carbons (Fsp3) is 0.280. The van der Waals surface area contributed by atoms with Gasteiger partial charge in [0.1, 0.15) is 18.5 Å². The van der Waals surface area contributed by atoms with Gasteiger partial charge in [-0.25, -0.2) is 4.90 Å². The number of carbonyl (C=O) groups is 2. The number of piperazine rings is 1. The molecule has 2 aliphatic heterocycles. The van der Waals surface area contributed by atoms with Crippen LogP contribution in [0.3, 0.4) is 0 Å². The standard InChI is InChI=1S/C25H23Cl4N3O3S/c1-2-14-35-20-8-6-17(7-9-20)15-21-22(33)32(24(34)36-21)23(25(27,28)29)31-12-10-30(11-13-31)19-5-3-4-18(26)16-19/h2-9,15-16,23H,1,10-14H2/b21-15+. The third-order valence-electron chi connectivity index (χ3n) is 5.74. The number of hydrogen-bond donors (Lipinski definition) is 0. The van der Waals surface area contributed by atoms with E-state index in [1.54, 1.807) is 36.4 Å². The SMILES string of the molecule is C=CCOc1ccc(/C=C2/SC(=O)N(C(N3CCN(c4cccc(Cl)c4)CC3)C(Cl)(Cl)Cl)C2=O)cc1. The topological polar surface area (TPSA) is 53.1 Å². The number of benzene rings is 2. The highest BCUT2D eigenvalue weighted by Gasteiger charge is 2.51. The van der Waals surface area contributed by atoms with E-state index < -0.39 is 21.1 Å². The van der Waals surface area contributed by atoms with Crippen molar-refractivity contribution < 1.29 is 14.3 Å². The molecule has 4 rings (SSSR count). The fourth-order valence-electron chi connectivity index (χ4n) is 4.07. The lowest BCUT2D eigenvalue weighted by atomic mass is 10.2. The minimum Gasteiger partial charge on any atom is -0.490 e. The Morgan fingerprint density at radius 1 is 1.06 bits per heavy atom. The summed E-state index contributed by atoms with van der Waals surface area (Å²) in [7, 11) is 0. The average molecular weight is 587 g/mol. The molecule has 0 radical (unpaired) electrons. The van der Waals surface area contributed by atoms with Crippen LogP contribution in [-0.2, 0) is 4.79 Å². The van der Waals surface area contributed by atoms with E-state index in [1.165, 1.54) is 0 Å². The Bertz CT molecular complexity index is 1160. The molecule has 6 nitrogen and oxygen atoms in total. The van der Waals surface area contributed by atoms with Crippen molar-refractivity contribution in [2.24, 2.45) is 0 Å². The normalized spacial score (nSPS) is 19.2. The number of amides is 2. The van der Waals surface area contributed by atoms with Crippen LogP contribution in [0.2, 0.25) is 5.02 Å². The predicted molar refractivity (Wildman–Crippen MR) is 149 cm³/mol. The van der Waals surface area contributed by atoms with E-state index >= 15 is 0 Å². The van der Waals surface area contributed by atoms with Crippen molar-refractivity contribution in [3.63, 3.8) is 0 Å². The van der Waals surface area contributed by atoms with Crippen molar-refractivity contribution in [1.29, 1.82) is 0 Å². The molecule has 0 spiro atoms. The summed E-state index contributed by atoms with van der Waals surface area (Å²) in [5.41, 5.74) is 1.73. The molecule has 2 fully saturated rings. The van der Waals surface area contributed by atoms with Crippen LogP contribution in [0.5, 0.6) is 5.75 Å². The van der Waals surface area contributed by atoms with E-state index in [4.69, 9.17) is 51.1 Å². The van der Waals surface area contributed by atoms with Crippen LogP contribution in [0.1, 0.15) is 5.56 Å². The summed E-state index contributed by atoms with van der Waals surface area (Å²) in [6.07, 6.45) is 2.26. The van der Waals surface area contributed by atoms with Gasteiger partial charge in [-0.1, -0.05) is 77.3 Å². The number of hydrogen-bond acceptors (Lipinski definition) is 6. The third kappa shape index (κ3) is 6.33. The summed E-state index contributed by atoms with van der Waals surface area (Å²) >= 11 is 26.0. The number of anilines is 1. The highest BCUT2D eigenvalue weighted by Crippen LogP contribution is 2.42. The number of imide groups is 1. The number of alkyl halides is 3. The smallest absolute Gasteiger partial charge is 0.295 e. The lowest BCUT2D eigenvalue weighted by Crippen LogP contribution is -2.61. The first-order valence-electron chi connectivity index (χ1n) is 11.1. The van der Waals surface area contributed by atoms with E-state index in [0.717, 1.165) is 27.9 Å². The minimum absolute atomic E-state index is 0.261. The molecule has 2 amide bonds. The summed E-state index contributed by atoms with van der Waals surface area (Å²) in [6.45, 7) is 6.21. The zero-order valence-electron chi connectivity index (χ0n) is 19.1. The summed E-state index contributed by atoms with van der Waals surface area (Å²) in [5, 5.41) is 0.170. The van der Waals surface area contributed by atoms with Crippen LogP contribution >= 0.6 is 58.2 Å². The number of thioether (sulfide) groups is 1. The van der Waals surface area contributed by atoms with E-state index in [2.05, 4.69) is 11.5 Å². The first-order chi connectivity index (χ1) is 17.2. The molecule has 36 heavy (non-hydrogen) atoms. The second-order valence-corrected chi connectivity index (χ2v) is 11.9. The first kappa shape index (κ1) is 27.2. The van der Waals surface area contributed by atoms with Crippen LogP contribution in [0.25, 0.3) is 6.08 Å². The second-order valence-electron chi connectivity index (χ2n) is 8.14. The molecule has 0 aliphatic carbocycles. The zero-order chi connectivity index (χ0) is 25.9. The van der Waals surface area contributed by atoms with Crippen molar-refractivity contribution in [3.05, 3.63) is 76.7 Å². The van der Waals surface area contributed by atoms with Gasteiger partial charge >= 0.3 is 0 Å². The molecule has 2 aromatic rings. The molecule has 11 heteroatoms. The van der Waals surface area contributed by atoms with Crippen molar-refractivity contribution in [2.45, 2.75) is 9.96 Å². The van der Waals surface area contributed by atoms with Crippen LogP contribution in [0.4, 0.5) is 10.5 Å². The van der Waals surface area contributed by atoms with Gasteiger partial charge < -0.3 is 9.64 Å². The van der Waals surface area contributed by atoms with Crippen LogP contribution in [0.15, 0.2) is 66.1 Å².